The van der Waals surface area contributed by atoms with Crippen LogP contribution in [0.4, 0.5) is 24.9 Å². The Morgan fingerprint density at radius 2 is 1.88 bits per heavy atom. The second-order valence-electron chi connectivity index (χ2n) is 5.37. The van der Waals surface area contributed by atoms with Crippen LogP contribution in [0.25, 0.3) is 0 Å². The minimum Gasteiger partial charge on any atom is -0.491 e. The summed E-state index contributed by atoms with van der Waals surface area (Å²) in [6.07, 6.45) is -4.53. The molecule has 24 heavy (non-hydrogen) atoms. The van der Waals surface area contributed by atoms with Crippen LogP contribution in [0.5, 0.6) is 5.75 Å². The van der Waals surface area contributed by atoms with Gasteiger partial charge in [-0.3, -0.25) is 0 Å². The van der Waals surface area contributed by atoms with Crippen LogP contribution in [-0.2, 0) is 6.18 Å². The lowest BCUT2D eigenvalue weighted by atomic mass is 10.2. The number of anilines is 2. The van der Waals surface area contributed by atoms with Gasteiger partial charge in [0.2, 0.25) is 5.95 Å². The highest BCUT2D eigenvalue weighted by molar-refractivity contribution is 5.44. The van der Waals surface area contributed by atoms with E-state index >= 15 is 0 Å². The van der Waals surface area contributed by atoms with Crippen LogP contribution in [0.2, 0.25) is 0 Å². The lowest BCUT2D eigenvalue weighted by molar-refractivity contribution is -0.141. The Labute approximate surface area is 138 Å². The topological polar surface area (TPSA) is 50.3 Å². The van der Waals surface area contributed by atoms with Gasteiger partial charge in [0.05, 0.1) is 6.54 Å². The first-order valence-electron chi connectivity index (χ1n) is 7.33. The van der Waals surface area contributed by atoms with Crippen molar-refractivity contribution in [2.45, 2.75) is 13.1 Å². The quantitative estimate of drug-likeness (QED) is 0.817. The van der Waals surface area contributed by atoms with Crippen LogP contribution in [-0.4, -0.2) is 37.2 Å². The molecule has 2 rings (SSSR count). The van der Waals surface area contributed by atoms with Crippen LogP contribution in [0, 0.1) is 6.92 Å². The summed E-state index contributed by atoms with van der Waals surface area (Å²) in [5, 5.41) is 2.77. The van der Waals surface area contributed by atoms with Gasteiger partial charge in [-0.1, -0.05) is 18.2 Å². The predicted octanol–water partition coefficient (Wildman–Crippen LogP) is 3.36. The van der Waals surface area contributed by atoms with E-state index in [0.29, 0.717) is 0 Å². The minimum atomic E-state index is -4.53. The van der Waals surface area contributed by atoms with Crippen molar-refractivity contribution >= 4 is 11.8 Å². The standard InChI is InChI=1S/C16H19F3N4O/c1-11-6-4-5-7-12(11)24-9-8-20-15-21-13(16(17,18)19)10-14(22-15)23(2)3/h4-7,10H,8-9H2,1-3H3,(H,20,21,22). The van der Waals surface area contributed by atoms with E-state index in [1.54, 1.807) is 14.1 Å². The lowest BCUT2D eigenvalue weighted by Crippen LogP contribution is -2.19. The van der Waals surface area contributed by atoms with E-state index in [1.165, 1.54) is 4.90 Å². The number of aromatic nitrogens is 2. The molecular weight excluding hydrogens is 321 g/mol. The SMILES string of the molecule is Cc1ccccc1OCCNc1nc(N(C)C)cc(C(F)(F)F)n1. The Morgan fingerprint density at radius 3 is 2.50 bits per heavy atom. The van der Waals surface area contributed by atoms with Crippen molar-refractivity contribution in [3.63, 3.8) is 0 Å². The highest BCUT2D eigenvalue weighted by atomic mass is 19.4. The summed E-state index contributed by atoms with van der Waals surface area (Å²) in [5.41, 5.74) is 0.00577. The summed E-state index contributed by atoms with van der Waals surface area (Å²) in [6.45, 7) is 2.48. The van der Waals surface area contributed by atoms with Crippen LogP contribution in [0.15, 0.2) is 30.3 Å². The molecule has 8 heteroatoms. The van der Waals surface area contributed by atoms with E-state index in [4.69, 9.17) is 4.74 Å². The van der Waals surface area contributed by atoms with E-state index in [1.807, 2.05) is 31.2 Å². The van der Waals surface area contributed by atoms with Gasteiger partial charge in [0.15, 0.2) is 5.69 Å². The number of alkyl halides is 3. The van der Waals surface area contributed by atoms with Crippen molar-refractivity contribution in [1.82, 2.24) is 9.97 Å². The fraction of sp³-hybridized carbons (Fsp3) is 0.375. The number of ether oxygens (including phenoxy) is 1. The molecule has 0 unspecified atom stereocenters. The molecule has 0 saturated carbocycles. The van der Waals surface area contributed by atoms with Gasteiger partial charge in [-0.25, -0.2) is 4.98 Å². The zero-order valence-electron chi connectivity index (χ0n) is 13.7. The molecule has 0 aliphatic rings. The zero-order valence-corrected chi connectivity index (χ0v) is 13.7. The van der Waals surface area contributed by atoms with Crippen LogP contribution >= 0.6 is 0 Å². The lowest BCUT2D eigenvalue weighted by Gasteiger charge is -2.16. The van der Waals surface area contributed by atoms with Gasteiger partial charge in [0, 0.05) is 20.2 Å². The normalized spacial score (nSPS) is 11.2. The summed E-state index contributed by atoms with van der Waals surface area (Å²) in [7, 11) is 3.24. The molecule has 2 aromatic rings. The van der Waals surface area contributed by atoms with Crippen molar-refractivity contribution in [1.29, 1.82) is 0 Å². The first-order chi connectivity index (χ1) is 11.3. The molecule has 0 aliphatic heterocycles. The van der Waals surface area contributed by atoms with Crippen molar-refractivity contribution in [3.8, 4) is 5.75 Å². The van der Waals surface area contributed by atoms with E-state index in [2.05, 4.69) is 15.3 Å². The van der Waals surface area contributed by atoms with E-state index in [9.17, 15) is 13.2 Å². The molecule has 5 nitrogen and oxygen atoms in total. The van der Waals surface area contributed by atoms with Gasteiger partial charge in [-0.05, 0) is 18.6 Å². The van der Waals surface area contributed by atoms with Crippen molar-refractivity contribution < 1.29 is 17.9 Å². The molecule has 1 aromatic heterocycles. The highest BCUT2D eigenvalue weighted by Crippen LogP contribution is 2.30. The fourth-order valence-corrected chi connectivity index (χ4v) is 1.93. The van der Waals surface area contributed by atoms with Gasteiger partial charge in [0.1, 0.15) is 18.2 Å². The number of rotatable bonds is 6. The Bertz CT molecular complexity index is 689. The maximum atomic E-state index is 12.9. The monoisotopic (exact) mass is 340 g/mol. The summed E-state index contributed by atoms with van der Waals surface area (Å²) in [6, 6.07) is 8.42. The second-order valence-corrected chi connectivity index (χ2v) is 5.37. The molecule has 1 N–H and O–H groups in total. The van der Waals surface area contributed by atoms with Crippen molar-refractivity contribution in [3.05, 3.63) is 41.6 Å². The third kappa shape index (κ3) is 4.74. The molecule has 130 valence electrons. The van der Waals surface area contributed by atoms with E-state index in [0.717, 1.165) is 17.4 Å². The molecule has 0 amide bonds. The smallest absolute Gasteiger partial charge is 0.433 e. The number of hydrogen-bond acceptors (Lipinski definition) is 5. The molecule has 0 fully saturated rings. The summed E-state index contributed by atoms with van der Waals surface area (Å²) in [5.74, 6) is 0.833. The number of nitrogens with one attached hydrogen (secondary N) is 1. The molecule has 0 radical (unpaired) electrons. The molecule has 1 aromatic carbocycles. The average molecular weight is 340 g/mol. The fourth-order valence-electron chi connectivity index (χ4n) is 1.93. The van der Waals surface area contributed by atoms with E-state index < -0.39 is 11.9 Å². The van der Waals surface area contributed by atoms with Crippen LogP contribution in [0.3, 0.4) is 0 Å². The first kappa shape index (κ1) is 17.8. The number of halogens is 3. The maximum absolute atomic E-state index is 12.9. The van der Waals surface area contributed by atoms with Gasteiger partial charge in [-0.2, -0.15) is 18.2 Å². The Morgan fingerprint density at radius 1 is 1.17 bits per heavy atom. The highest BCUT2D eigenvalue weighted by Gasteiger charge is 2.33. The Balaban J connectivity index is 2.01. The van der Waals surface area contributed by atoms with Crippen molar-refractivity contribution in [2.75, 3.05) is 37.5 Å². The van der Waals surface area contributed by atoms with Crippen LogP contribution in [0.1, 0.15) is 11.3 Å². The van der Waals surface area contributed by atoms with Gasteiger partial charge >= 0.3 is 6.18 Å². The maximum Gasteiger partial charge on any atom is 0.433 e. The second kappa shape index (κ2) is 7.37. The number of para-hydroxylation sites is 1. The molecule has 0 bridgehead atoms. The third-order valence-electron chi connectivity index (χ3n) is 3.20. The van der Waals surface area contributed by atoms with E-state index in [-0.39, 0.29) is 24.9 Å². The molecular formula is C16H19F3N4O. The largest absolute Gasteiger partial charge is 0.491 e. The molecule has 0 saturated heterocycles. The van der Waals surface area contributed by atoms with Gasteiger partial charge in [-0.15, -0.1) is 0 Å². The summed E-state index contributed by atoms with van der Waals surface area (Å²) < 4.78 is 44.3. The van der Waals surface area contributed by atoms with Crippen molar-refractivity contribution in [2.24, 2.45) is 0 Å². The minimum absolute atomic E-state index is 0.0816. The zero-order chi connectivity index (χ0) is 17.7. The number of benzene rings is 1. The first-order valence-corrected chi connectivity index (χ1v) is 7.33. The summed E-state index contributed by atoms with van der Waals surface area (Å²) in [4.78, 5) is 9.07. The van der Waals surface area contributed by atoms with Gasteiger partial charge < -0.3 is 15.0 Å². The predicted molar refractivity (Wildman–Crippen MR) is 86.5 cm³/mol. The number of aryl methyl sites for hydroxylation is 1. The average Bonchev–Trinajstić information content (AvgIpc) is 2.52. The molecule has 1 heterocycles. The number of hydrogen-bond donors (Lipinski definition) is 1. The Hall–Kier alpha value is -2.51. The molecule has 0 atom stereocenters. The number of nitrogens with zero attached hydrogens (tertiary/aromatic N) is 3. The summed E-state index contributed by atoms with van der Waals surface area (Å²) >= 11 is 0. The van der Waals surface area contributed by atoms with Crippen LogP contribution < -0.4 is 15.0 Å². The third-order valence-corrected chi connectivity index (χ3v) is 3.20. The Kier molecular flexibility index (Phi) is 5.48. The molecule has 0 spiro atoms. The van der Waals surface area contributed by atoms with Gasteiger partial charge in [0.25, 0.3) is 0 Å². The molecule has 0 aliphatic carbocycles.